The molecule has 1 N–H and O–H groups in total. The molecule has 0 saturated carbocycles. The fourth-order valence-corrected chi connectivity index (χ4v) is 4.42. The van der Waals surface area contributed by atoms with Crippen LogP contribution in [0.3, 0.4) is 0 Å². The van der Waals surface area contributed by atoms with E-state index in [1.54, 1.807) is 4.31 Å². The number of nitrogens with zero attached hydrogens (tertiary/aromatic N) is 2. The number of piperidine rings is 1. The van der Waals surface area contributed by atoms with E-state index in [1.165, 1.54) is 12.3 Å². The molecule has 16 heavy (non-hydrogen) atoms. The molecule has 0 radical (unpaired) electrons. The molecule has 1 fully saturated rings. The van der Waals surface area contributed by atoms with E-state index in [1.807, 2.05) is 0 Å². The lowest BCUT2D eigenvalue weighted by Gasteiger charge is -2.32. The second kappa shape index (κ2) is 4.85. The average Bonchev–Trinajstić information content (AvgIpc) is 2.83. The first-order valence-corrected chi connectivity index (χ1v) is 7.79. The predicted molar refractivity (Wildman–Crippen MR) is 63.9 cm³/mol. The molecule has 1 saturated heterocycles. The summed E-state index contributed by atoms with van der Waals surface area (Å²) in [5.41, 5.74) is 0. The monoisotopic (exact) mass is 307 g/mol. The second-order valence-electron chi connectivity index (χ2n) is 3.84. The highest BCUT2D eigenvalue weighted by Crippen LogP contribution is 2.25. The number of alkyl halides is 1. The number of hydrogen-bond donors (Lipinski definition) is 1. The summed E-state index contributed by atoms with van der Waals surface area (Å²) in [4.78, 5) is 0. The van der Waals surface area contributed by atoms with Gasteiger partial charge in [-0.3, -0.25) is 5.10 Å². The molecule has 0 amide bonds. The van der Waals surface area contributed by atoms with E-state index in [0.29, 0.717) is 11.9 Å². The van der Waals surface area contributed by atoms with Crippen molar-refractivity contribution in [3.8, 4) is 0 Å². The predicted octanol–water partition coefficient (Wildman–Crippen LogP) is 1.35. The van der Waals surface area contributed by atoms with Gasteiger partial charge in [-0.2, -0.15) is 9.40 Å². The van der Waals surface area contributed by atoms with Crippen LogP contribution >= 0.6 is 15.9 Å². The summed E-state index contributed by atoms with van der Waals surface area (Å²) in [6.07, 6.45) is 4.39. The molecule has 0 bridgehead atoms. The molecule has 0 spiro atoms. The van der Waals surface area contributed by atoms with Crippen molar-refractivity contribution in [1.29, 1.82) is 0 Å². The minimum Gasteiger partial charge on any atom is -0.266 e. The number of aromatic nitrogens is 2. The van der Waals surface area contributed by atoms with Crippen molar-refractivity contribution < 1.29 is 8.42 Å². The fourth-order valence-electron chi connectivity index (χ4n) is 1.96. The van der Waals surface area contributed by atoms with E-state index in [2.05, 4.69) is 26.1 Å². The summed E-state index contributed by atoms with van der Waals surface area (Å²) in [6.45, 7) is 0.595. The Kier molecular flexibility index (Phi) is 3.66. The number of H-pyrrole nitrogens is 1. The standard InChI is InChI=1S/C9H14BrN3O2S/c10-7-8-3-1-2-6-13(8)16(14,15)9-4-5-11-12-9/h4-5,8H,1-3,6-7H2,(H,11,12). The minimum atomic E-state index is -3.39. The van der Waals surface area contributed by atoms with Crippen molar-refractivity contribution in [1.82, 2.24) is 14.5 Å². The SMILES string of the molecule is O=S(=O)(c1ccn[nH]1)N1CCCCC1CBr. The molecular weight excluding hydrogens is 294 g/mol. The zero-order valence-corrected chi connectivity index (χ0v) is 11.2. The van der Waals surface area contributed by atoms with Gasteiger partial charge in [0.05, 0.1) is 6.20 Å². The Hall–Kier alpha value is -0.400. The first kappa shape index (κ1) is 12.1. The Bertz CT molecular complexity index is 432. The van der Waals surface area contributed by atoms with Crippen LogP contribution in [0.1, 0.15) is 19.3 Å². The molecule has 2 heterocycles. The van der Waals surface area contributed by atoms with Gasteiger partial charge in [0.1, 0.15) is 0 Å². The summed E-state index contributed by atoms with van der Waals surface area (Å²) < 4.78 is 26.1. The van der Waals surface area contributed by atoms with Crippen LogP contribution < -0.4 is 0 Å². The van der Waals surface area contributed by atoms with Gasteiger partial charge in [-0.25, -0.2) is 8.42 Å². The molecule has 1 aliphatic heterocycles. The summed E-state index contributed by atoms with van der Waals surface area (Å²) >= 11 is 3.38. The van der Waals surface area contributed by atoms with Gasteiger partial charge in [-0.05, 0) is 18.9 Å². The van der Waals surface area contributed by atoms with Crippen LogP contribution in [-0.2, 0) is 10.0 Å². The van der Waals surface area contributed by atoms with Crippen molar-refractivity contribution >= 4 is 26.0 Å². The third-order valence-electron chi connectivity index (χ3n) is 2.81. The third-order valence-corrected chi connectivity index (χ3v) is 5.44. The highest BCUT2D eigenvalue weighted by molar-refractivity contribution is 9.09. The van der Waals surface area contributed by atoms with Crippen molar-refractivity contribution in [2.75, 3.05) is 11.9 Å². The molecule has 0 aliphatic carbocycles. The molecule has 1 aromatic rings. The lowest BCUT2D eigenvalue weighted by molar-refractivity contribution is 0.273. The quantitative estimate of drug-likeness (QED) is 0.857. The Morgan fingerprint density at radius 1 is 1.56 bits per heavy atom. The Labute approximate surface area is 103 Å². The number of aromatic amines is 1. The molecule has 1 aliphatic rings. The van der Waals surface area contributed by atoms with Crippen LogP contribution in [0, 0.1) is 0 Å². The number of nitrogens with one attached hydrogen (secondary N) is 1. The van der Waals surface area contributed by atoms with Crippen molar-refractivity contribution in [2.45, 2.75) is 30.3 Å². The molecule has 7 heteroatoms. The van der Waals surface area contributed by atoms with Gasteiger partial charge >= 0.3 is 0 Å². The van der Waals surface area contributed by atoms with Crippen LogP contribution in [-0.4, -0.2) is 40.8 Å². The van der Waals surface area contributed by atoms with Gasteiger partial charge in [0.25, 0.3) is 10.0 Å². The highest BCUT2D eigenvalue weighted by atomic mass is 79.9. The van der Waals surface area contributed by atoms with Gasteiger partial charge in [0.15, 0.2) is 5.03 Å². The largest absolute Gasteiger partial charge is 0.266 e. The lowest BCUT2D eigenvalue weighted by atomic mass is 10.1. The summed E-state index contributed by atoms with van der Waals surface area (Å²) in [7, 11) is -3.39. The van der Waals surface area contributed by atoms with Crippen LogP contribution in [0.4, 0.5) is 0 Å². The molecular formula is C9H14BrN3O2S. The Morgan fingerprint density at radius 2 is 2.38 bits per heavy atom. The van der Waals surface area contributed by atoms with Crippen LogP contribution in [0.5, 0.6) is 0 Å². The number of sulfonamides is 1. The van der Waals surface area contributed by atoms with Gasteiger partial charge < -0.3 is 0 Å². The Balaban J connectivity index is 2.28. The van der Waals surface area contributed by atoms with Crippen molar-refractivity contribution in [3.05, 3.63) is 12.3 Å². The van der Waals surface area contributed by atoms with E-state index in [4.69, 9.17) is 0 Å². The maximum Gasteiger partial charge on any atom is 0.260 e. The summed E-state index contributed by atoms with van der Waals surface area (Å²) in [6, 6.07) is 1.55. The maximum atomic E-state index is 12.3. The molecule has 2 rings (SSSR count). The van der Waals surface area contributed by atoms with Gasteiger partial charge in [0.2, 0.25) is 0 Å². The second-order valence-corrected chi connectivity index (χ2v) is 6.35. The topological polar surface area (TPSA) is 66.1 Å². The summed E-state index contributed by atoms with van der Waals surface area (Å²) in [5, 5.41) is 7.08. The zero-order valence-electron chi connectivity index (χ0n) is 8.76. The van der Waals surface area contributed by atoms with Crippen molar-refractivity contribution in [2.24, 2.45) is 0 Å². The van der Waals surface area contributed by atoms with E-state index >= 15 is 0 Å². The van der Waals surface area contributed by atoms with E-state index in [0.717, 1.165) is 19.3 Å². The van der Waals surface area contributed by atoms with E-state index in [-0.39, 0.29) is 11.1 Å². The van der Waals surface area contributed by atoms with Crippen LogP contribution in [0.15, 0.2) is 17.3 Å². The molecule has 5 nitrogen and oxygen atoms in total. The fraction of sp³-hybridized carbons (Fsp3) is 0.667. The minimum absolute atomic E-state index is 0.0575. The van der Waals surface area contributed by atoms with Crippen molar-refractivity contribution in [3.63, 3.8) is 0 Å². The number of rotatable bonds is 3. The smallest absolute Gasteiger partial charge is 0.260 e. The van der Waals surface area contributed by atoms with Gasteiger partial charge in [-0.15, -0.1) is 0 Å². The third kappa shape index (κ3) is 2.16. The number of halogens is 1. The zero-order chi connectivity index (χ0) is 11.6. The normalized spacial score (nSPS) is 23.4. The first-order valence-electron chi connectivity index (χ1n) is 5.23. The van der Waals surface area contributed by atoms with E-state index < -0.39 is 10.0 Å². The first-order chi connectivity index (χ1) is 7.66. The average molecular weight is 308 g/mol. The number of hydrogen-bond acceptors (Lipinski definition) is 3. The lowest BCUT2D eigenvalue weighted by Crippen LogP contribution is -2.44. The van der Waals surface area contributed by atoms with Crippen LogP contribution in [0.25, 0.3) is 0 Å². The Morgan fingerprint density at radius 3 is 3.00 bits per heavy atom. The molecule has 1 aromatic heterocycles. The van der Waals surface area contributed by atoms with Crippen LogP contribution in [0.2, 0.25) is 0 Å². The molecule has 1 unspecified atom stereocenters. The van der Waals surface area contributed by atoms with Gasteiger partial charge in [0, 0.05) is 17.9 Å². The summed E-state index contributed by atoms with van der Waals surface area (Å²) in [5.74, 6) is 0. The van der Waals surface area contributed by atoms with Gasteiger partial charge in [-0.1, -0.05) is 22.4 Å². The molecule has 0 aromatic carbocycles. The van der Waals surface area contributed by atoms with E-state index in [9.17, 15) is 8.42 Å². The molecule has 1 atom stereocenters. The molecule has 90 valence electrons. The maximum absolute atomic E-state index is 12.3. The highest BCUT2D eigenvalue weighted by Gasteiger charge is 2.33.